The quantitative estimate of drug-likeness (QED) is 0.689. The van der Waals surface area contributed by atoms with Gasteiger partial charge in [0.1, 0.15) is 5.75 Å². The third kappa shape index (κ3) is 3.65. The number of carbonyl (C=O) groups excluding carboxylic acids is 1. The molecule has 1 fully saturated rings. The molecule has 0 atom stereocenters. The number of nitrogens with zero attached hydrogens (tertiary/aromatic N) is 1. The molecule has 4 rings (SSSR count). The van der Waals surface area contributed by atoms with Crippen LogP contribution in [0.4, 0.5) is 5.69 Å². The predicted molar refractivity (Wildman–Crippen MR) is 112 cm³/mol. The summed E-state index contributed by atoms with van der Waals surface area (Å²) in [6.07, 6.45) is 4.04. The second-order valence-corrected chi connectivity index (χ2v) is 7.55. The Morgan fingerprint density at radius 3 is 2.66 bits per heavy atom. The molecule has 5 heteroatoms. The van der Waals surface area contributed by atoms with E-state index < -0.39 is 5.79 Å². The monoisotopic (exact) mass is 395 g/mol. The van der Waals surface area contributed by atoms with E-state index in [1.807, 2.05) is 37.3 Å². The minimum absolute atomic E-state index is 0.147. The van der Waals surface area contributed by atoms with E-state index in [1.54, 1.807) is 4.90 Å². The van der Waals surface area contributed by atoms with E-state index in [2.05, 4.69) is 19.1 Å². The largest absolute Gasteiger partial charge is 0.494 e. The lowest BCUT2D eigenvalue weighted by Crippen LogP contribution is -2.47. The fourth-order valence-electron chi connectivity index (χ4n) is 4.09. The smallest absolute Gasteiger partial charge is 0.292 e. The van der Waals surface area contributed by atoms with Crippen molar-refractivity contribution in [1.29, 1.82) is 0 Å². The molecule has 0 aliphatic carbocycles. The summed E-state index contributed by atoms with van der Waals surface area (Å²) in [6, 6.07) is 14.1. The molecule has 2 aliphatic rings. The Balaban J connectivity index is 1.72. The van der Waals surface area contributed by atoms with Crippen molar-refractivity contribution in [2.24, 2.45) is 0 Å². The highest BCUT2D eigenvalue weighted by Crippen LogP contribution is 2.46. The van der Waals surface area contributed by atoms with Crippen LogP contribution in [0.5, 0.6) is 5.75 Å². The lowest BCUT2D eigenvalue weighted by atomic mass is 10.00. The van der Waals surface area contributed by atoms with E-state index in [0.717, 1.165) is 48.2 Å². The van der Waals surface area contributed by atoms with Crippen LogP contribution in [0.2, 0.25) is 0 Å². The standard InChI is InChI=1S/C24H29NO4/c1-3-5-9-18-12-13-21-20(16-18)24(28-14-8-15-29-24)23(26)25(21)17-19-10-6-7-11-22(19)27-4-2/h6-7,10-13,16H,3-5,8-9,14-15,17H2,1-2H3. The Bertz CT molecular complexity index is 873. The summed E-state index contributed by atoms with van der Waals surface area (Å²) in [5.41, 5.74) is 3.89. The van der Waals surface area contributed by atoms with Gasteiger partial charge < -0.3 is 19.1 Å². The molecule has 2 aromatic carbocycles. The van der Waals surface area contributed by atoms with Crippen molar-refractivity contribution in [3.63, 3.8) is 0 Å². The highest BCUT2D eigenvalue weighted by molar-refractivity contribution is 6.06. The summed E-state index contributed by atoms with van der Waals surface area (Å²) in [5, 5.41) is 0. The number of para-hydroxylation sites is 1. The molecule has 2 heterocycles. The van der Waals surface area contributed by atoms with Crippen LogP contribution in [0, 0.1) is 0 Å². The first-order valence-corrected chi connectivity index (χ1v) is 10.6. The van der Waals surface area contributed by atoms with Crippen molar-refractivity contribution < 1.29 is 19.0 Å². The third-order valence-corrected chi connectivity index (χ3v) is 5.55. The number of unbranched alkanes of at least 4 members (excludes halogenated alkanes) is 1. The van der Waals surface area contributed by atoms with Crippen LogP contribution in [0.25, 0.3) is 0 Å². The number of ether oxygens (including phenoxy) is 3. The molecule has 5 nitrogen and oxygen atoms in total. The molecule has 0 N–H and O–H groups in total. The van der Waals surface area contributed by atoms with Crippen LogP contribution >= 0.6 is 0 Å². The minimum atomic E-state index is -1.31. The Kier molecular flexibility index (Phi) is 5.88. The van der Waals surface area contributed by atoms with Gasteiger partial charge in [-0.2, -0.15) is 0 Å². The van der Waals surface area contributed by atoms with Crippen molar-refractivity contribution in [3.05, 3.63) is 59.2 Å². The summed E-state index contributed by atoms with van der Waals surface area (Å²) < 4.78 is 17.8. The van der Waals surface area contributed by atoms with Gasteiger partial charge in [0.15, 0.2) is 0 Å². The average molecular weight is 395 g/mol. The summed E-state index contributed by atoms with van der Waals surface area (Å²) in [5.74, 6) is -0.655. The summed E-state index contributed by atoms with van der Waals surface area (Å²) >= 11 is 0. The van der Waals surface area contributed by atoms with Gasteiger partial charge in [0.05, 0.1) is 32.1 Å². The Labute approximate surface area is 172 Å². The number of aryl methyl sites for hydroxylation is 1. The van der Waals surface area contributed by atoms with Crippen LogP contribution in [0.1, 0.15) is 49.8 Å². The maximum Gasteiger partial charge on any atom is 0.292 e. The third-order valence-electron chi connectivity index (χ3n) is 5.55. The lowest BCUT2D eigenvalue weighted by molar-refractivity contribution is -0.256. The normalized spacial score (nSPS) is 17.6. The number of anilines is 1. The molecule has 1 amide bonds. The van der Waals surface area contributed by atoms with Gasteiger partial charge in [0, 0.05) is 11.1 Å². The van der Waals surface area contributed by atoms with Crippen LogP contribution in [0.3, 0.4) is 0 Å². The fourth-order valence-corrected chi connectivity index (χ4v) is 4.09. The van der Waals surface area contributed by atoms with E-state index in [0.29, 0.717) is 26.4 Å². The number of benzene rings is 2. The van der Waals surface area contributed by atoms with Crippen molar-refractivity contribution >= 4 is 11.6 Å². The Morgan fingerprint density at radius 1 is 1.10 bits per heavy atom. The van der Waals surface area contributed by atoms with E-state index in [4.69, 9.17) is 14.2 Å². The van der Waals surface area contributed by atoms with Crippen LogP contribution in [-0.4, -0.2) is 25.7 Å². The fraction of sp³-hybridized carbons (Fsp3) is 0.458. The molecule has 0 aromatic heterocycles. The number of hydrogen-bond donors (Lipinski definition) is 0. The maximum atomic E-state index is 13.6. The molecule has 2 aliphatic heterocycles. The van der Waals surface area contributed by atoms with Gasteiger partial charge in [-0.05, 0) is 49.9 Å². The molecular weight excluding hydrogens is 366 g/mol. The minimum Gasteiger partial charge on any atom is -0.494 e. The molecule has 29 heavy (non-hydrogen) atoms. The first kappa shape index (κ1) is 19.9. The first-order valence-electron chi connectivity index (χ1n) is 10.6. The Hall–Kier alpha value is -2.37. The highest BCUT2D eigenvalue weighted by Gasteiger charge is 2.55. The molecule has 1 spiro atoms. The molecule has 2 aromatic rings. The predicted octanol–water partition coefficient (Wildman–Crippen LogP) is 4.56. The van der Waals surface area contributed by atoms with E-state index in [-0.39, 0.29) is 5.91 Å². The van der Waals surface area contributed by atoms with Crippen molar-refractivity contribution in [2.45, 2.75) is 51.9 Å². The van der Waals surface area contributed by atoms with E-state index in [9.17, 15) is 4.79 Å². The molecule has 0 unspecified atom stereocenters. The second kappa shape index (κ2) is 8.56. The zero-order valence-corrected chi connectivity index (χ0v) is 17.3. The number of fused-ring (bicyclic) bond motifs is 2. The molecule has 0 saturated carbocycles. The maximum absolute atomic E-state index is 13.6. The number of rotatable bonds is 7. The van der Waals surface area contributed by atoms with E-state index in [1.165, 1.54) is 5.56 Å². The zero-order valence-electron chi connectivity index (χ0n) is 17.3. The number of amides is 1. The van der Waals surface area contributed by atoms with Gasteiger partial charge in [0.25, 0.3) is 11.7 Å². The van der Waals surface area contributed by atoms with Gasteiger partial charge in [-0.15, -0.1) is 0 Å². The van der Waals surface area contributed by atoms with Gasteiger partial charge in [-0.3, -0.25) is 4.79 Å². The molecule has 0 bridgehead atoms. The van der Waals surface area contributed by atoms with Crippen LogP contribution < -0.4 is 9.64 Å². The van der Waals surface area contributed by atoms with Gasteiger partial charge >= 0.3 is 0 Å². The molecular formula is C24H29NO4. The summed E-state index contributed by atoms with van der Waals surface area (Å²) in [7, 11) is 0. The SMILES string of the molecule is CCCCc1ccc2c(c1)C1(OCCCO1)C(=O)N2Cc1ccccc1OCC. The Morgan fingerprint density at radius 2 is 1.90 bits per heavy atom. The van der Waals surface area contributed by atoms with Crippen molar-refractivity contribution in [2.75, 3.05) is 24.7 Å². The van der Waals surface area contributed by atoms with Crippen molar-refractivity contribution in [1.82, 2.24) is 0 Å². The van der Waals surface area contributed by atoms with Gasteiger partial charge in [0.2, 0.25) is 0 Å². The molecule has 0 radical (unpaired) electrons. The van der Waals surface area contributed by atoms with Gasteiger partial charge in [-0.25, -0.2) is 0 Å². The first-order chi connectivity index (χ1) is 14.2. The second-order valence-electron chi connectivity index (χ2n) is 7.55. The van der Waals surface area contributed by atoms with E-state index >= 15 is 0 Å². The van der Waals surface area contributed by atoms with Gasteiger partial charge in [-0.1, -0.05) is 37.6 Å². The average Bonchev–Trinajstić information content (AvgIpc) is 2.97. The number of carbonyl (C=O) groups is 1. The van der Waals surface area contributed by atoms with Crippen molar-refractivity contribution in [3.8, 4) is 5.75 Å². The molecule has 1 saturated heterocycles. The summed E-state index contributed by atoms with van der Waals surface area (Å²) in [4.78, 5) is 15.4. The highest BCUT2D eigenvalue weighted by atomic mass is 16.7. The summed E-state index contributed by atoms with van der Waals surface area (Å²) in [6.45, 7) is 6.19. The topological polar surface area (TPSA) is 48.0 Å². The van der Waals surface area contributed by atoms with Crippen LogP contribution in [0.15, 0.2) is 42.5 Å². The lowest BCUT2D eigenvalue weighted by Gasteiger charge is -2.32. The van der Waals surface area contributed by atoms with Crippen LogP contribution in [-0.2, 0) is 33.0 Å². The number of hydrogen-bond acceptors (Lipinski definition) is 4. The zero-order chi connectivity index (χ0) is 20.3. The molecule has 154 valence electrons.